The normalized spacial score (nSPS) is 18.0. The number of hydrogen-bond donors (Lipinski definition) is 1. The third kappa shape index (κ3) is 3.91. The molecule has 1 saturated heterocycles. The van der Waals surface area contributed by atoms with Crippen LogP contribution in [0.15, 0.2) is 40.8 Å². The molecule has 0 radical (unpaired) electrons. The minimum Gasteiger partial charge on any atom is -0.481 e. The first-order valence-corrected chi connectivity index (χ1v) is 8.30. The molecule has 0 bridgehead atoms. The highest BCUT2D eigenvalue weighted by Crippen LogP contribution is 2.27. The van der Waals surface area contributed by atoms with Crippen LogP contribution in [0.25, 0.3) is 11.3 Å². The maximum atomic E-state index is 11.9. The summed E-state index contributed by atoms with van der Waals surface area (Å²) in [4.78, 5) is 25.2. The van der Waals surface area contributed by atoms with Gasteiger partial charge in [-0.05, 0) is 37.6 Å². The van der Waals surface area contributed by atoms with Gasteiger partial charge in [-0.2, -0.15) is 0 Å². The number of furan rings is 1. The third-order valence-electron chi connectivity index (χ3n) is 4.49. The number of ether oxygens (including phenoxy) is 1. The lowest BCUT2D eigenvalue weighted by Gasteiger charge is -2.29. The van der Waals surface area contributed by atoms with Crippen LogP contribution in [-0.2, 0) is 16.1 Å². The maximum absolute atomic E-state index is 11.9. The number of methoxy groups -OCH3 is 1. The van der Waals surface area contributed by atoms with Crippen molar-refractivity contribution in [3.8, 4) is 11.3 Å². The van der Waals surface area contributed by atoms with E-state index in [0.29, 0.717) is 30.0 Å². The Labute approximate surface area is 146 Å². The predicted octanol–water partition coefficient (Wildman–Crippen LogP) is 3.03. The molecule has 0 aliphatic carbocycles. The number of carbonyl (C=O) groups is 2. The first kappa shape index (κ1) is 17.2. The van der Waals surface area contributed by atoms with E-state index in [1.165, 1.54) is 7.11 Å². The van der Waals surface area contributed by atoms with Gasteiger partial charge in [0.25, 0.3) is 0 Å². The maximum Gasteiger partial charge on any atom is 0.338 e. The highest BCUT2D eigenvalue weighted by Gasteiger charge is 2.26. The third-order valence-corrected chi connectivity index (χ3v) is 4.49. The first-order valence-electron chi connectivity index (χ1n) is 8.30. The summed E-state index contributed by atoms with van der Waals surface area (Å²) in [6.07, 6.45) is 1.59. The predicted molar refractivity (Wildman–Crippen MR) is 91.1 cm³/mol. The zero-order chi connectivity index (χ0) is 17.8. The lowest BCUT2D eigenvalue weighted by molar-refractivity contribution is -0.143. The molecular weight excluding hydrogens is 322 g/mol. The van der Waals surface area contributed by atoms with Gasteiger partial charge in [-0.3, -0.25) is 9.69 Å². The van der Waals surface area contributed by atoms with Gasteiger partial charge in [-0.25, -0.2) is 4.79 Å². The standard InChI is InChI=1S/C19H21NO5/c1-24-19(23)16-7-3-2-6-15(16)17-9-8-14(25-17)12-20-10-4-5-13(11-20)18(21)22/h2-3,6-9,13H,4-5,10-12H2,1H3,(H,21,22). The minimum absolute atomic E-state index is 0.316. The van der Waals surface area contributed by atoms with Gasteiger partial charge in [0.2, 0.25) is 0 Å². The molecule has 1 aromatic heterocycles. The van der Waals surface area contributed by atoms with Crippen molar-refractivity contribution in [2.75, 3.05) is 20.2 Å². The number of hydrogen-bond acceptors (Lipinski definition) is 5. The summed E-state index contributed by atoms with van der Waals surface area (Å²) in [6.45, 7) is 1.95. The highest BCUT2D eigenvalue weighted by atomic mass is 16.5. The number of aliphatic carboxylic acids is 1. The number of nitrogens with zero attached hydrogens (tertiary/aromatic N) is 1. The Morgan fingerprint density at radius 2 is 2.08 bits per heavy atom. The summed E-state index contributed by atoms with van der Waals surface area (Å²) in [7, 11) is 1.35. The number of rotatable bonds is 5. The molecule has 1 aliphatic rings. The van der Waals surface area contributed by atoms with Crippen LogP contribution in [0.2, 0.25) is 0 Å². The number of esters is 1. The van der Waals surface area contributed by atoms with E-state index in [1.807, 2.05) is 24.3 Å². The molecule has 1 unspecified atom stereocenters. The van der Waals surface area contributed by atoms with Crippen molar-refractivity contribution < 1.29 is 23.8 Å². The van der Waals surface area contributed by atoms with Gasteiger partial charge in [-0.15, -0.1) is 0 Å². The summed E-state index contributed by atoms with van der Waals surface area (Å²) in [5.74, 6) is -0.113. The Balaban J connectivity index is 1.75. The number of benzene rings is 1. The van der Waals surface area contributed by atoms with Crippen LogP contribution in [0.4, 0.5) is 0 Å². The summed E-state index contributed by atoms with van der Waals surface area (Å²) in [5.41, 5.74) is 1.14. The molecule has 1 fully saturated rings. The van der Waals surface area contributed by atoms with Crippen LogP contribution in [0, 0.1) is 5.92 Å². The molecule has 0 amide bonds. The van der Waals surface area contributed by atoms with Crippen molar-refractivity contribution >= 4 is 11.9 Å². The van der Waals surface area contributed by atoms with Crippen molar-refractivity contribution in [3.05, 3.63) is 47.7 Å². The van der Waals surface area contributed by atoms with Crippen molar-refractivity contribution in [1.82, 2.24) is 4.90 Å². The van der Waals surface area contributed by atoms with E-state index in [0.717, 1.165) is 25.1 Å². The Kier molecular flexibility index (Phi) is 5.19. The zero-order valence-electron chi connectivity index (χ0n) is 14.1. The van der Waals surface area contributed by atoms with Gasteiger partial charge < -0.3 is 14.3 Å². The molecule has 1 aromatic carbocycles. The van der Waals surface area contributed by atoms with Gasteiger partial charge in [0.05, 0.1) is 25.1 Å². The Morgan fingerprint density at radius 1 is 1.28 bits per heavy atom. The Hall–Kier alpha value is -2.60. The lowest BCUT2D eigenvalue weighted by atomic mass is 9.98. The van der Waals surface area contributed by atoms with Crippen molar-refractivity contribution in [3.63, 3.8) is 0 Å². The molecule has 25 heavy (non-hydrogen) atoms. The molecule has 6 nitrogen and oxygen atoms in total. The molecule has 6 heteroatoms. The van der Waals surface area contributed by atoms with Gasteiger partial charge >= 0.3 is 11.9 Å². The average Bonchev–Trinajstić information content (AvgIpc) is 3.09. The number of likely N-dealkylation sites (tertiary alicyclic amines) is 1. The monoisotopic (exact) mass is 343 g/mol. The Morgan fingerprint density at radius 3 is 2.84 bits per heavy atom. The quantitative estimate of drug-likeness (QED) is 0.841. The van der Waals surface area contributed by atoms with Crippen LogP contribution in [-0.4, -0.2) is 42.1 Å². The summed E-state index contributed by atoms with van der Waals surface area (Å²) >= 11 is 0. The van der Waals surface area contributed by atoms with E-state index >= 15 is 0 Å². The van der Waals surface area contributed by atoms with Crippen molar-refractivity contribution in [2.45, 2.75) is 19.4 Å². The van der Waals surface area contributed by atoms with Crippen LogP contribution in [0.5, 0.6) is 0 Å². The smallest absolute Gasteiger partial charge is 0.338 e. The molecule has 3 rings (SSSR count). The molecule has 0 spiro atoms. The van der Waals surface area contributed by atoms with Crippen LogP contribution in [0.3, 0.4) is 0 Å². The summed E-state index contributed by atoms with van der Waals surface area (Å²) in [5, 5.41) is 9.19. The molecular formula is C19H21NO5. The summed E-state index contributed by atoms with van der Waals surface area (Å²) in [6, 6.07) is 10.8. The largest absolute Gasteiger partial charge is 0.481 e. The summed E-state index contributed by atoms with van der Waals surface area (Å²) < 4.78 is 10.7. The second kappa shape index (κ2) is 7.53. The van der Waals surface area contributed by atoms with E-state index in [1.54, 1.807) is 12.1 Å². The Bertz CT molecular complexity index is 767. The van der Waals surface area contributed by atoms with Gasteiger partial charge in [0.1, 0.15) is 11.5 Å². The fourth-order valence-electron chi connectivity index (χ4n) is 3.21. The fourth-order valence-corrected chi connectivity index (χ4v) is 3.21. The molecule has 0 saturated carbocycles. The fraction of sp³-hybridized carbons (Fsp3) is 0.368. The molecule has 2 heterocycles. The number of piperidine rings is 1. The topological polar surface area (TPSA) is 80.0 Å². The van der Waals surface area contributed by atoms with E-state index in [-0.39, 0.29) is 5.92 Å². The second-order valence-corrected chi connectivity index (χ2v) is 6.22. The average molecular weight is 343 g/mol. The first-order chi connectivity index (χ1) is 12.1. The van der Waals surface area contributed by atoms with E-state index in [2.05, 4.69) is 4.90 Å². The number of carbonyl (C=O) groups excluding carboxylic acids is 1. The molecule has 1 aliphatic heterocycles. The van der Waals surface area contributed by atoms with Gasteiger partial charge in [0, 0.05) is 12.1 Å². The minimum atomic E-state index is -0.739. The molecule has 132 valence electrons. The van der Waals surface area contributed by atoms with Crippen LogP contribution < -0.4 is 0 Å². The lowest BCUT2D eigenvalue weighted by Crippen LogP contribution is -2.38. The number of carboxylic acid groups (broad SMARTS) is 1. The van der Waals surface area contributed by atoms with E-state index in [9.17, 15) is 14.7 Å². The molecule has 2 aromatic rings. The van der Waals surface area contributed by atoms with Gasteiger partial charge in [-0.1, -0.05) is 18.2 Å². The van der Waals surface area contributed by atoms with Crippen molar-refractivity contribution in [1.29, 1.82) is 0 Å². The van der Waals surface area contributed by atoms with Crippen LogP contribution in [0.1, 0.15) is 29.0 Å². The van der Waals surface area contributed by atoms with E-state index < -0.39 is 11.9 Å². The second-order valence-electron chi connectivity index (χ2n) is 6.22. The SMILES string of the molecule is COC(=O)c1ccccc1-c1ccc(CN2CCCC(C(=O)O)C2)o1. The number of carboxylic acids is 1. The molecule has 1 atom stereocenters. The zero-order valence-corrected chi connectivity index (χ0v) is 14.1. The van der Waals surface area contributed by atoms with Crippen molar-refractivity contribution in [2.24, 2.45) is 5.92 Å². The van der Waals surface area contributed by atoms with E-state index in [4.69, 9.17) is 9.15 Å². The van der Waals surface area contributed by atoms with Crippen LogP contribution >= 0.6 is 0 Å². The van der Waals surface area contributed by atoms with Gasteiger partial charge in [0.15, 0.2) is 0 Å². The highest BCUT2D eigenvalue weighted by molar-refractivity contribution is 5.96. The molecule has 1 N–H and O–H groups in total.